The Balaban J connectivity index is 1.21. The maximum Gasteiger partial charge on any atom is 0.282 e. The van der Waals surface area contributed by atoms with Gasteiger partial charge in [-0.15, -0.1) is 0 Å². The molecule has 41 heavy (non-hydrogen) atoms. The minimum Gasteiger partial charge on any atom is -0.487 e. The third-order valence-electron chi connectivity index (χ3n) is 6.94. The summed E-state index contributed by atoms with van der Waals surface area (Å²) in [5, 5.41) is 8.64. The lowest BCUT2D eigenvalue weighted by molar-refractivity contribution is 0.308. The summed E-state index contributed by atoms with van der Waals surface area (Å²) in [5.41, 5.74) is 2.74. The average molecular weight is 556 g/mol. The van der Waals surface area contributed by atoms with E-state index >= 15 is 0 Å². The molecular formula is C34H22ClN3O3. The Bertz CT molecular complexity index is 2130. The summed E-state index contributed by atoms with van der Waals surface area (Å²) in [4.78, 5) is 18.2. The van der Waals surface area contributed by atoms with Gasteiger partial charge < -0.3 is 9.15 Å². The van der Waals surface area contributed by atoms with Gasteiger partial charge >= 0.3 is 0 Å². The summed E-state index contributed by atoms with van der Waals surface area (Å²) < 4.78 is 13.4. The number of rotatable bonds is 6. The fourth-order valence-corrected chi connectivity index (χ4v) is 5.14. The first kappa shape index (κ1) is 24.8. The molecule has 0 spiro atoms. The Morgan fingerprint density at radius 3 is 2.44 bits per heavy atom. The molecule has 0 radical (unpaired) electrons. The molecule has 0 aliphatic rings. The fourth-order valence-electron chi connectivity index (χ4n) is 4.90. The first-order chi connectivity index (χ1) is 20.1. The Morgan fingerprint density at radius 1 is 0.829 bits per heavy atom. The third kappa shape index (κ3) is 4.75. The predicted octanol–water partition coefficient (Wildman–Crippen LogP) is 8.08. The van der Waals surface area contributed by atoms with E-state index < -0.39 is 0 Å². The SMILES string of the molecule is O=c1c2ccccc2nc(-c2cc3ccccc3o2)n1N=Cc1ccc(OCc2cccc3ccccc23)c(Cl)c1. The molecular weight excluding hydrogens is 534 g/mol. The Hall–Kier alpha value is -5.20. The monoisotopic (exact) mass is 555 g/mol. The van der Waals surface area contributed by atoms with Gasteiger partial charge in [-0.3, -0.25) is 4.79 Å². The molecule has 0 saturated heterocycles. The number of hydrogen-bond donors (Lipinski definition) is 0. The highest BCUT2D eigenvalue weighted by Crippen LogP contribution is 2.29. The van der Waals surface area contributed by atoms with Crippen LogP contribution in [0.1, 0.15) is 11.1 Å². The topological polar surface area (TPSA) is 69.6 Å². The highest BCUT2D eigenvalue weighted by molar-refractivity contribution is 6.32. The average Bonchev–Trinajstić information content (AvgIpc) is 3.44. The zero-order chi connectivity index (χ0) is 27.8. The summed E-state index contributed by atoms with van der Waals surface area (Å²) in [5.74, 6) is 1.31. The molecule has 0 fully saturated rings. The van der Waals surface area contributed by atoms with Crippen LogP contribution in [-0.2, 0) is 6.61 Å². The van der Waals surface area contributed by atoms with Gasteiger partial charge in [0.25, 0.3) is 5.56 Å². The van der Waals surface area contributed by atoms with Crippen LogP contribution in [0.4, 0.5) is 0 Å². The largest absolute Gasteiger partial charge is 0.487 e. The number of halogens is 1. The van der Waals surface area contributed by atoms with E-state index in [9.17, 15) is 4.79 Å². The lowest BCUT2D eigenvalue weighted by Crippen LogP contribution is -2.20. The van der Waals surface area contributed by atoms with Crippen LogP contribution in [0.15, 0.2) is 130 Å². The Morgan fingerprint density at radius 2 is 1.59 bits per heavy atom. The molecule has 7 rings (SSSR count). The van der Waals surface area contributed by atoms with Gasteiger partial charge in [-0.1, -0.05) is 84.4 Å². The number of benzene rings is 5. The van der Waals surface area contributed by atoms with E-state index in [-0.39, 0.29) is 5.56 Å². The second-order valence-corrected chi connectivity index (χ2v) is 9.99. The number of nitrogens with zero attached hydrogens (tertiary/aromatic N) is 3. The predicted molar refractivity (Wildman–Crippen MR) is 164 cm³/mol. The standard InChI is InChI=1S/C34H22ClN3O3/c35-28-18-22(16-17-31(28)40-21-25-11-7-10-23-8-1-3-12-26(23)25)20-36-38-33(32-19-24-9-2-6-15-30(24)41-32)37-29-14-5-4-13-27(29)34(38)39/h1-20H,21H2. The van der Waals surface area contributed by atoms with E-state index in [1.54, 1.807) is 36.5 Å². The van der Waals surface area contributed by atoms with E-state index in [4.69, 9.17) is 25.7 Å². The molecule has 0 amide bonds. The van der Waals surface area contributed by atoms with Crippen molar-refractivity contribution in [3.8, 4) is 17.3 Å². The summed E-state index contributed by atoms with van der Waals surface area (Å²) in [6, 6.07) is 36.4. The minimum atomic E-state index is -0.302. The van der Waals surface area contributed by atoms with Crippen LogP contribution in [0.25, 0.3) is 44.2 Å². The molecule has 2 aromatic heterocycles. The van der Waals surface area contributed by atoms with E-state index in [1.807, 2.05) is 66.7 Å². The van der Waals surface area contributed by atoms with Crippen molar-refractivity contribution < 1.29 is 9.15 Å². The molecule has 6 nitrogen and oxygen atoms in total. The Kier molecular flexibility index (Phi) is 6.30. The second-order valence-electron chi connectivity index (χ2n) is 9.58. The van der Waals surface area contributed by atoms with Crippen LogP contribution in [-0.4, -0.2) is 15.9 Å². The number of para-hydroxylation sites is 2. The highest BCUT2D eigenvalue weighted by Gasteiger charge is 2.16. The molecule has 0 saturated carbocycles. The number of furan rings is 1. The summed E-state index contributed by atoms with van der Waals surface area (Å²) in [6.45, 7) is 0.382. The van der Waals surface area contributed by atoms with Crippen LogP contribution >= 0.6 is 11.6 Å². The van der Waals surface area contributed by atoms with E-state index in [2.05, 4.69) is 23.3 Å². The van der Waals surface area contributed by atoms with Crippen molar-refractivity contribution in [3.05, 3.63) is 142 Å². The van der Waals surface area contributed by atoms with Crippen LogP contribution in [0.2, 0.25) is 5.02 Å². The number of ether oxygens (including phenoxy) is 1. The molecule has 0 unspecified atom stereocenters. The third-order valence-corrected chi connectivity index (χ3v) is 7.24. The zero-order valence-electron chi connectivity index (χ0n) is 21.7. The van der Waals surface area contributed by atoms with Gasteiger partial charge in [0, 0.05) is 5.39 Å². The second kappa shape index (κ2) is 10.4. The van der Waals surface area contributed by atoms with E-state index in [1.165, 1.54) is 4.68 Å². The fraction of sp³-hybridized carbons (Fsp3) is 0.0294. The molecule has 0 atom stereocenters. The van der Waals surface area contributed by atoms with Crippen molar-refractivity contribution in [3.63, 3.8) is 0 Å². The van der Waals surface area contributed by atoms with Crippen molar-refractivity contribution in [2.24, 2.45) is 5.10 Å². The minimum absolute atomic E-state index is 0.302. The van der Waals surface area contributed by atoms with Gasteiger partial charge in [-0.05, 0) is 64.4 Å². The van der Waals surface area contributed by atoms with E-state index in [0.717, 1.165) is 21.7 Å². The summed E-state index contributed by atoms with van der Waals surface area (Å²) in [6.07, 6.45) is 1.57. The van der Waals surface area contributed by atoms with E-state index in [0.29, 0.717) is 51.0 Å². The van der Waals surface area contributed by atoms with Crippen LogP contribution < -0.4 is 10.3 Å². The van der Waals surface area contributed by atoms with Gasteiger partial charge in [-0.2, -0.15) is 9.78 Å². The van der Waals surface area contributed by atoms with Crippen molar-refractivity contribution in [1.82, 2.24) is 9.66 Å². The molecule has 0 bridgehead atoms. The lowest BCUT2D eigenvalue weighted by Gasteiger charge is -2.11. The smallest absolute Gasteiger partial charge is 0.282 e. The molecule has 7 aromatic rings. The van der Waals surface area contributed by atoms with Crippen LogP contribution in [0.3, 0.4) is 0 Å². The van der Waals surface area contributed by atoms with Crippen molar-refractivity contribution >= 4 is 50.5 Å². The first-order valence-corrected chi connectivity index (χ1v) is 13.5. The van der Waals surface area contributed by atoms with Crippen molar-refractivity contribution in [2.45, 2.75) is 6.61 Å². The summed E-state index contributed by atoms with van der Waals surface area (Å²) >= 11 is 6.59. The lowest BCUT2D eigenvalue weighted by atomic mass is 10.1. The number of hydrogen-bond acceptors (Lipinski definition) is 5. The quantitative estimate of drug-likeness (QED) is 0.194. The number of fused-ring (bicyclic) bond motifs is 3. The molecule has 0 aliphatic carbocycles. The summed E-state index contributed by atoms with van der Waals surface area (Å²) in [7, 11) is 0. The Labute approximate surface area is 239 Å². The van der Waals surface area contributed by atoms with Gasteiger partial charge in [0.1, 0.15) is 17.9 Å². The molecule has 2 heterocycles. The highest BCUT2D eigenvalue weighted by atomic mass is 35.5. The molecule has 0 aliphatic heterocycles. The normalized spacial score (nSPS) is 11.6. The van der Waals surface area contributed by atoms with Gasteiger partial charge in [0.2, 0.25) is 5.82 Å². The van der Waals surface area contributed by atoms with Gasteiger partial charge in [0.05, 0.1) is 22.1 Å². The first-order valence-electron chi connectivity index (χ1n) is 13.1. The van der Waals surface area contributed by atoms with Crippen molar-refractivity contribution in [1.29, 1.82) is 0 Å². The zero-order valence-corrected chi connectivity index (χ0v) is 22.5. The molecule has 198 valence electrons. The van der Waals surface area contributed by atoms with Crippen LogP contribution in [0.5, 0.6) is 5.75 Å². The molecule has 5 aromatic carbocycles. The maximum atomic E-state index is 13.5. The molecule has 0 N–H and O–H groups in total. The molecule has 7 heteroatoms. The van der Waals surface area contributed by atoms with Gasteiger partial charge in [-0.25, -0.2) is 4.98 Å². The van der Waals surface area contributed by atoms with Crippen LogP contribution in [0, 0.1) is 0 Å². The van der Waals surface area contributed by atoms with Crippen molar-refractivity contribution in [2.75, 3.05) is 0 Å². The maximum absolute atomic E-state index is 13.5. The number of aromatic nitrogens is 2. The van der Waals surface area contributed by atoms with Gasteiger partial charge in [0.15, 0.2) is 5.76 Å².